The van der Waals surface area contributed by atoms with Crippen LogP contribution in [0.4, 0.5) is 0 Å². The molecule has 0 aliphatic heterocycles. The van der Waals surface area contributed by atoms with Crippen molar-refractivity contribution in [3.05, 3.63) is 29.3 Å². The predicted octanol–water partition coefficient (Wildman–Crippen LogP) is 2.53. The molecule has 3 nitrogen and oxygen atoms in total. The summed E-state index contributed by atoms with van der Waals surface area (Å²) in [5.41, 5.74) is 1.80. The van der Waals surface area contributed by atoms with Crippen LogP contribution in [0, 0.1) is 11.3 Å². The summed E-state index contributed by atoms with van der Waals surface area (Å²) in [6.07, 6.45) is 0. The van der Waals surface area contributed by atoms with Crippen LogP contribution < -0.4 is 5.32 Å². The number of nitriles is 1. The minimum absolute atomic E-state index is 0.108. The highest BCUT2D eigenvalue weighted by Crippen LogP contribution is 2.27. The number of aliphatic hydroxyl groups is 1. The molecule has 98 valence electrons. The van der Waals surface area contributed by atoms with Gasteiger partial charge >= 0.3 is 0 Å². The molecule has 0 aromatic heterocycles. The Bertz CT molecular complexity index is 426. The monoisotopic (exact) mass is 264 g/mol. The largest absolute Gasteiger partial charge is 0.395 e. The first-order valence-corrected chi connectivity index (χ1v) is 6.98. The van der Waals surface area contributed by atoms with E-state index in [1.165, 1.54) is 11.8 Å². The Hall–Kier alpha value is -1.02. The lowest BCUT2D eigenvalue weighted by Crippen LogP contribution is -2.21. The highest BCUT2D eigenvalue weighted by atomic mass is 32.2. The Labute approximate surface area is 113 Å². The van der Waals surface area contributed by atoms with E-state index in [1.54, 1.807) is 0 Å². The molecule has 1 rings (SSSR count). The van der Waals surface area contributed by atoms with Crippen LogP contribution in [0.25, 0.3) is 0 Å². The van der Waals surface area contributed by atoms with Gasteiger partial charge in [-0.15, -0.1) is 11.8 Å². The van der Waals surface area contributed by atoms with Crippen molar-refractivity contribution in [2.24, 2.45) is 0 Å². The number of thioether (sulfide) groups is 1. The molecule has 1 aromatic rings. The fraction of sp³-hybridized carbons (Fsp3) is 0.500. The zero-order valence-electron chi connectivity index (χ0n) is 11.1. The van der Waals surface area contributed by atoms with Crippen molar-refractivity contribution < 1.29 is 5.11 Å². The van der Waals surface area contributed by atoms with Crippen molar-refractivity contribution in [1.82, 2.24) is 5.32 Å². The summed E-state index contributed by atoms with van der Waals surface area (Å²) in [5.74, 6) is 0. The van der Waals surface area contributed by atoms with E-state index in [-0.39, 0.29) is 11.9 Å². The quantitative estimate of drug-likeness (QED) is 0.775. The van der Waals surface area contributed by atoms with Crippen molar-refractivity contribution in [3.8, 4) is 6.07 Å². The van der Waals surface area contributed by atoms with Gasteiger partial charge in [0.1, 0.15) is 6.07 Å². The Morgan fingerprint density at radius 2 is 2.11 bits per heavy atom. The second-order valence-corrected chi connectivity index (χ2v) is 6.07. The van der Waals surface area contributed by atoms with Gasteiger partial charge in [-0.2, -0.15) is 5.26 Å². The van der Waals surface area contributed by atoms with E-state index in [1.807, 2.05) is 25.1 Å². The molecular weight excluding hydrogens is 244 g/mol. The van der Waals surface area contributed by atoms with Crippen molar-refractivity contribution in [1.29, 1.82) is 5.26 Å². The summed E-state index contributed by atoms with van der Waals surface area (Å²) in [7, 11) is 0. The van der Waals surface area contributed by atoms with Gasteiger partial charge in [-0.1, -0.05) is 26.8 Å². The average molecular weight is 264 g/mol. The second kappa shape index (κ2) is 7.42. The predicted molar refractivity (Wildman–Crippen MR) is 75.5 cm³/mol. The van der Waals surface area contributed by atoms with Crippen LogP contribution in [0.15, 0.2) is 23.1 Å². The normalized spacial score (nSPS) is 12.4. The molecule has 0 spiro atoms. The number of nitrogens with one attached hydrogen (secondary N) is 1. The van der Waals surface area contributed by atoms with E-state index in [9.17, 15) is 0 Å². The molecule has 0 aliphatic rings. The van der Waals surface area contributed by atoms with Crippen LogP contribution in [0.5, 0.6) is 0 Å². The van der Waals surface area contributed by atoms with E-state index < -0.39 is 0 Å². The van der Waals surface area contributed by atoms with E-state index >= 15 is 0 Å². The fourth-order valence-electron chi connectivity index (χ4n) is 1.45. The maximum Gasteiger partial charge on any atom is 0.100 e. The maximum atomic E-state index is 9.16. The molecule has 0 bridgehead atoms. The highest BCUT2D eigenvalue weighted by molar-refractivity contribution is 8.00. The van der Waals surface area contributed by atoms with E-state index in [4.69, 9.17) is 10.4 Å². The van der Waals surface area contributed by atoms with Gasteiger partial charge in [-0.05, 0) is 17.7 Å². The lowest BCUT2D eigenvalue weighted by Gasteiger charge is -2.12. The van der Waals surface area contributed by atoms with Crippen molar-refractivity contribution in [2.75, 3.05) is 6.61 Å². The zero-order valence-corrected chi connectivity index (χ0v) is 11.9. The summed E-state index contributed by atoms with van der Waals surface area (Å²) in [4.78, 5) is 0.937. The summed E-state index contributed by atoms with van der Waals surface area (Å²) in [5, 5.41) is 21.6. The molecule has 0 heterocycles. The fourth-order valence-corrected chi connectivity index (χ4v) is 2.34. The third-order valence-corrected chi connectivity index (χ3v) is 3.63. The van der Waals surface area contributed by atoms with E-state index in [2.05, 4.69) is 25.2 Å². The van der Waals surface area contributed by atoms with Crippen LogP contribution in [0.3, 0.4) is 0 Å². The molecule has 0 saturated carbocycles. The van der Waals surface area contributed by atoms with Gasteiger partial charge in [-0.3, -0.25) is 0 Å². The van der Waals surface area contributed by atoms with Crippen LogP contribution >= 0.6 is 11.8 Å². The molecule has 4 heteroatoms. The molecule has 0 fully saturated rings. The lowest BCUT2D eigenvalue weighted by atomic mass is 10.1. The SMILES string of the molecule is CC(C)NCc1ccc(SC(C)CO)c(C#N)c1. The number of benzene rings is 1. The van der Waals surface area contributed by atoms with Gasteiger partial charge in [0, 0.05) is 22.7 Å². The van der Waals surface area contributed by atoms with Gasteiger partial charge in [0.25, 0.3) is 0 Å². The molecule has 0 amide bonds. The lowest BCUT2D eigenvalue weighted by molar-refractivity contribution is 0.300. The van der Waals surface area contributed by atoms with Crippen molar-refractivity contribution in [2.45, 2.75) is 43.5 Å². The molecule has 1 atom stereocenters. The van der Waals surface area contributed by atoms with Crippen LogP contribution in [0.1, 0.15) is 31.9 Å². The summed E-state index contributed by atoms with van der Waals surface area (Å²) in [6.45, 7) is 7.02. The van der Waals surface area contributed by atoms with E-state index in [0.717, 1.165) is 17.0 Å². The summed E-state index contributed by atoms with van der Waals surface area (Å²) >= 11 is 1.53. The van der Waals surface area contributed by atoms with Crippen molar-refractivity contribution in [3.63, 3.8) is 0 Å². The maximum absolute atomic E-state index is 9.16. The molecule has 0 radical (unpaired) electrons. The van der Waals surface area contributed by atoms with Crippen LogP contribution in [0.2, 0.25) is 0 Å². The van der Waals surface area contributed by atoms with Crippen LogP contribution in [-0.2, 0) is 6.54 Å². The van der Waals surface area contributed by atoms with Gasteiger partial charge in [0.2, 0.25) is 0 Å². The first kappa shape index (κ1) is 15.0. The summed E-state index contributed by atoms with van der Waals surface area (Å²) in [6, 6.07) is 8.57. The first-order valence-electron chi connectivity index (χ1n) is 6.10. The topological polar surface area (TPSA) is 56.0 Å². The highest BCUT2D eigenvalue weighted by Gasteiger charge is 2.08. The Kier molecular flexibility index (Phi) is 6.20. The Balaban J connectivity index is 2.80. The van der Waals surface area contributed by atoms with Crippen molar-refractivity contribution >= 4 is 11.8 Å². The van der Waals surface area contributed by atoms with E-state index in [0.29, 0.717) is 11.6 Å². The molecular formula is C14H20N2OS. The van der Waals surface area contributed by atoms with Gasteiger partial charge in [-0.25, -0.2) is 0 Å². The smallest absolute Gasteiger partial charge is 0.100 e. The Morgan fingerprint density at radius 1 is 1.39 bits per heavy atom. The third-order valence-electron chi connectivity index (χ3n) is 2.46. The minimum Gasteiger partial charge on any atom is -0.395 e. The minimum atomic E-state index is 0.108. The number of hydrogen-bond donors (Lipinski definition) is 2. The Morgan fingerprint density at radius 3 is 2.67 bits per heavy atom. The molecule has 0 saturated heterocycles. The molecule has 0 aliphatic carbocycles. The number of rotatable bonds is 6. The molecule has 1 unspecified atom stereocenters. The number of aliphatic hydroxyl groups excluding tert-OH is 1. The number of nitrogens with zero attached hydrogens (tertiary/aromatic N) is 1. The standard InChI is InChI=1S/C14H20N2OS/c1-10(2)16-8-12-4-5-14(13(6-12)7-15)18-11(3)9-17/h4-6,10-11,16-17H,8-9H2,1-3H3. The molecule has 18 heavy (non-hydrogen) atoms. The summed E-state index contributed by atoms with van der Waals surface area (Å²) < 4.78 is 0. The van der Waals surface area contributed by atoms with Gasteiger partial charge < -0.3 is 10.4 Å². The second-order valence-electron chi connectivity index (χ2n) is 4.59. The zero-order chi connectivity index (χ0) is 13.5. The molecule has 1 aromatic carbocycles. The van der Waals surface area contributed by atoms with Crippen LogP contribution in [-0.4, -0.2) is 23.0 Å². The van der Waals surface area contributed by atoms with Gasteiger partial charge in [0.05, 0.1) is 12.2 Å². The van der Waals surface area contributed by atoms with Gasteiger partial charge in [0.15, 0.2) is 0 Å². The number of hydrogen-bond acceptors (Lipinski definition) is 4. The third kappa shape index (κ3) is 4.69. The average Bonchev–Trinajstić information content (AvgIpc) is 2.37. The first-order chi connectivity index (χ1) is 8.56. The molecule has 2 N–H and O–H groups in total.